The van der Waals surface area contributed by atoms with E-state index in [0.717, 1.165) is 107 Å². The van der Waals surface area contributed by atoms with Crippen LogP contribution < -0.4 is 19.6 Å². The van der Waals surface area contributed by atoms with Crippen LogP contribution in [0.4, 0.5) is 11.4 Å². The fourth-order valence-electron chi connectivity index (χ4n) is 10.3. The first-order chi connectivity index (χ1) is 37.0. The van der Waals surface area contributed by atoms with Gasteiger partial charge in [-0.1, -0.05) is 60.7 Å². The summed E-state index contributed by atoms with van der Waals surface area (Å²) in [5.41, 5.74) is 6.14. The lowest BCUT2D eigenvalue weighted by Crippen LogP contribution is -2.49. The summed E-state index contributed by atoms with van der Waals surface area (Å²) >= 11 is 0. The number of pyridine rings is 2. The number of hydrogen-bond acceptors (Lipinski definition) is 14. The molecule has 0 aliphatic carbocycles. The number of amides is 4. The molecule has 18 nitrogen and oxygen atoms in total. The molecule has 4 aliphatic rings. The molecule has 4 aromatic carbocycles. The molecule has 6 aromatic rings. The Morgan fingerprint density at radius 2 is 0.908 bits per heavy atom. The number of hydrogen-bond donors (Lipinski definition) is 0. The minimum atomic E-state index is -0.995. The number of piperazine rings is 2. The zero-order chi connectivity index (χ0) is 52.7. The van der Waals surface area contributed by atoms with Crippen molar-refractivity contribution >= 4 is 68.7 Å². The predicted octanol–water partition coefficient (Wildman–Crippen LogP) is 6.58. The number of carbonyl (C=O) groups is 6. The molecule has 0 N–H and O–H groups in total. The average Bonchev–Trinajstić information content (AvgIpc) is 3.45. The molecule has 0 unspecified atom stereocenters. The van der Waals surface area contributed by atoms with Crippen LogP contribution in [0.15, 0.2) is 109 Å². The second-order valence-electron chi connectivity index (χ2n) is 19.4. The summed E-state index contributed by atoms with van der Waals surface area (Å²) in [4.78, 5) is 108. The summed E-state index contributed by atoms with van der Waals surface area (Å²) in [6.45, 7) is 11.3. The van der Waals surface area contributed by atoms with Crippen molar-refractivity contribution in [1.82, 2.24) is 29.6 Å². The van der Waals surface area contributed by atoms with E-state index in [4.69, 9.17) is 19.1 Å². The van der Waals surface area contributed by atoms with Gasteiger partial charge in [0.25, 0.3) is 23.6 Å². The highest BCUT2D eigenvalue weighted by molar-refractivity contribution is 6.02. The number of anilines is 2. The Labute approximate surface area is 440 Å². The summed E-state index contributed by atoms with van der Waals surface area (Å²) in [7, 11) is 0. The molecule has 392 valence electrons. The van der Waals surface area contributed by atoms with Gasteiger partial charge in [0.1, 0.15) is 22.9 Å². The van der Waals surface area contributed by atoms with Gasteiger partial charge in [0, 0.05) is 112 Å². The number of rotatable bonds is 16. The number of aromatic nitrogens is 2. The molecule has 2 saturated heterocycles. The van der Waals surface area contributed by atoms with Crippen LogP contribution in [-0.2, 0) is 41.7 Å². The van der Waals surface area contributed by atoms with Gasteiger partial charge in [-0.3, -0.25) is 29.0 Å². The number of hydroxylamine groups is 2. The molecule has 0 spiro atoms. The van der Waals surface area contributed by atoms with Crippen LogP contribution in [0.2, 0.25) is 0 Å². The summed E-state index contributed by atoms with van der Waals surface area (Å²) in [5, 5.41) is 3.90. The number of ether oxygens (including phenoxy) is 2. The van der Waals surface area contributed by atoms with Gasteiger partial charge in [0.15, 0.2) is 0 Å². The maximum Gasteiger partial charge on any atom is 0.356 e. The van der Waals surface area contributed by atoms with E-state index in [1.807, 2.05) is 96.4 Å². The fraction of sp³-hybridized carbons (Fsp3) is 0.345. The number of benzene rings is 4. The molecular formula is C58H60N8O10. The summed E-state index contributed by atoms with van der Waals surface area (Å²) in [5.74, 6) is -1.83. The first-order valence-corrected chi connectivity index (χ1v) is 26.0. The van der Waals surface area contributed by atoms with Crippen LogP contribution in [0, 0.1) is 13.8 Å². The highest BCUT2D eigenvalue weighted by Crippen LogP contribution is 2.39. The van der Waals surface area contributed by atoms with Crippen LogP contribution in [0.5, 0.6) is 11.5 Å². The highest BCUT2D eigenvalue weighted by atomic mass is 16.7. The summed E-state index contributed by atoms with van der Waals surface area (Å²) in [6, 6.07) is 30.2. The molecule has 0 radical (unpaired) electrons. The number of aryl methyl sites for hydroxylation is 2. The molecule has 0 bridgehead atoms. The third-order valence-electron chi connectivity index (χ3n) is 14.3. The van der Waals surface area contributed by atoms with Gasteiger partial charge in [-0.25, -0.2) is 19.6 Å². The van der Waals surface area contributed by atoms with E-state index in [1.54, 1.807) is 24.3 Å². The van der Waals surface area contributed by atoms with Crippen molar-refractivity contribution in [3.8, 4) is 11.5 Å². The van der Waals surface area contributed by atoms with Crippen molar-refractivity contribution < 1.29 is 47.9 Å². The zero-order valence-electron chi connectivity index (χ0n) is 42.8. The number of para-hydroxylation sites is 2. The van der Waals surface area contributed by atoms with Crippen LogP contribution >= 0.6 is 0 Å². The minimum Gasteiger partial charge on any atom is -0.493 e. The Hall–Kier alpha value is -8.22. The smallest absolute Gasteiger partial charge is 0.356 e. The van der Waals surface area contributed by atoms with Gasteiger partial charge >= 0.3 is 11.9 Å². The van der Waals surface area contributed by atoms with E-state index in [0.29, 0.717) is 97.6 Å². The molecule has 0 atom stereocenters. The monoisotopic (exact) mass is 1030 g/mol. The zero-order valence-corrected chi connectivity index (χ0v) is 42.8. The van der Waals surface area contributed by atoms with Gasteiger partial charge in [-0.05, 0) is 87.1 Å². The number of nitrogens with zero attached hydrogens (tertiary/aromatic N) is 8. The molecule has 0 saturated carbocycles. The standard InChI is InChI=1S/C58H60N8O10/c1-39-13-21-49(73-37-7-27-61-29-33-63(34-30-61)57(71)47-19-15-41-9-3-5-11-45(41)59-47)43-17-23-51(67)65(55(39)43)75-53(69)25-26-54(70)76-66-52(68)24-18-44-50(22-14-40(2)56(44)66)74-38-8-28-62-31-35-64(36-32-62)58(72)48-20-16-42-10-4-6-12-46(42)60-48/h3-6,9-16,19-22,25-26H,7-8,17-18,23-24,27-38H2,1-2H3/b26-25-. The van der Waals surface area contributed by atoms with E-state index in [1.165, 1.54) is 0 Å². The largest absolute Gasteiger partial charge is 0.493 e. The van der Waals surface area contributed by atoms with E-state index < -0.39 is 23.8 Å². The van der Waals surface area contributed by atoms with Gasteiger partial charge in [0.05, 0.1) is 35.6 Å². The number of carbonyl (C=O) groups excluding carboxylic acids is 6. The Morgan fingerprint density at radius 3 is 1.33 bits per heavy atom. The first kappa shape index (κ1) is 51.3. The molecule has 18 heteroatoms. The van der Waals surface area contributed by atoms with Gasteiger partial charge < -0.3 is 28.9 Å². The lowest BCUT2D eigenvalue weighted by molar-refractivity contribution is -0.147. The molecule has 6 heterocycles. The van der Waals surface area contributed by atoms with Crippen molar-refractivity contribution in [3.63, 3.8) is 0 Å². The maximum atomic E-state index is 13.2. The van der Waals surface area contributed by atoms with E-state index >= 15 is 0 Å². The first-order valence-electron chi connectivity index (χ1n) is 26.0. The quantitative estimate of drug-likeness (QED) is 0.0748. The Morgan fingerprint density at radius 1 is 0.500 bits per heavy atom. The van der Waals surface area contributed by atoms with Crippen molar-refractivity contribution in [2.75, 3.05) is 88.8 Å². The molecular weight excluding hydrogens is 969 g/mol. The summed E-state index contributed by atoms with van der Waals surface area (Å²) < 4.78 is 12.5. The van der Waals surface area contributed by atoms with Crippen molar-refractivity contribution in [3.05, 3.63) is 143 Å². The molecule has 4 aliphatic heterocycles. The average molecular weight is 1030 g/mol. The van der Waals surface area contributed by atoms with Gasteiger partial charge in [-0.2, -0.15) is 0 Å². The lowest BCUT2D eigenvalue weighted by atomic mass is 9.98. The van der Waals surface area contributed by atoms with Crippen LogP contribution in [0.1, 0.15) is 68.9 Å². The molecule has 4 amide bonds. The highest BCUT2D eigenvalue weighted by Gasteiger charge is 2.34. The van der Waals surface area contributed by atoms with Crippen molar-refractivity contribution in [2.45, 2.75) is 52.4 Å². The van der Waals surface area contributed by atoms with E-state index in [-0.39, 0.29) is 24.7 Å². The molecule has 10 rings (SSSR count). The topological polar surface area (TPSA) is 185 Å². The Balaban J connectivity index is 0.676. The van der Waals surface area contributed by atoms with Crippen molar-refractivity contribution in [1.29, 1.82) is 0 Å². The second kappa shape index (κ2) is 23.1. The number of fused-ring (bicyclic) bond motifs is 4. The fourth-order valence-corrected chi connectivity index (χ4v) is 10.3. The van der Waals surface area contributed by atoms with E-state index in [9.17, 15) is 28.8 Å². The third kappa shape index (κ3) is 11.5. The van der Waals surface area contributed by atoms with E-state index in [2.05, 4.69) is 19.8 Å². The van der Waals surface area contributed by atoms with Gasteiger partial charge in [-0.15, -0.1) is 10.1 Å². The van der Waals surface area contributed by atoms with Crippen LogP contribution in [-0.4, -0.2) is 144 Å². The lowest BCUT2D eigenvalue weighted by Gasteiger charge is -2.34. The Bertz CT molecular complexity index is 3030. The second-order valence-corrected chi connectivity index (χ2v) is 19.4. The normalized spacial score (nSPS) is 16.2. The SMILES string of the molecule is Cc1ccc(OCCCN2CCN(C(=O)c3ccc4ccccc4n3)CC2)c2c1N(OC(=O)/C=C\C(=O)ON1C(=O)CCc3c(OCCCN4CCN(C(=O)c5ccc6ccccc6n5)CC4)ccc(C)c31)C(=O)CC2. The van der Waals surface area contributed by atoms with Crippen LogP contribution in [0.3, 0.4) is 0 Å². The predicted molar refractivity (Wildman–Crippen MR) is 284 cm³/mol. The Kier molecular flexibility index (Phi) is 15.6. The third-order valence-corrected chi connectivity index (χ3v) is 14.3. The minimum absolute atomic E-state index is 0.0671. The molecule has 2 aromatic heterocycles. The summed E-state index contributed by atoms with van der Waals surface area (Å²) in [6.07, 6.45) is 4.07. The van der Waals surface area contributed by atoms with Crippen molar-refractivity contribution in [2.24, 2.45) is 0 Å². The maximum absolute atomic E-state index is 13.2. The van der Waals surface area contributed by atoms with Crippen LogP contribution in [0.25, 0.3) is 21.8 Å². The van der Waals surface area contributed by atoms with Gasteiger partial charge in [0.2, 0.25) is 0 Å². The molecule has 2 fully saturated rings. The molecule has 76 heavy (non-hydrogen) atoms.